The zero-order chi connectivity index (χ0) is 19.1. The second-order valence-corrected chi connectivity index (χ2v) is 8.60. The zero-order valence-corrected chi connectivity index (χ0v) is 17.5. The van der Waals surface area contributed by atoms with Crippen LogP contribution in [0.3, 0.4) is 0 Å². The van der Waals surface area contributed by atoms with E-state index in [4.69, 9.17) is 0 Å². The highest BCUT2D eigenvalue weighted by Crippen LogP contribution is 2.29. The van der Waals surface area contributed by atoms with Gasteiger partial charge in [0.2, 0.25) is 0 Å². The fourth-order valence-corrected chi connectivity index (χ4v) is 4.50. The summed E-state index contributed by atoms with van der Waals surface area (Å²) in [7, 11) is 1.87. The molecule has 6 heteroatoms. The average Bonchev–Trinajstić information content (AvgIpc) is 2.90. The second-order valence-electron chi connectivity index (χ2n) is 8.60. The molecule has 0 bridgehead atoms. The first-order valence-electron chi connectivity index (χ1n) is 11.1. The Morgan fingerprint density at radius 1 is 1.15 bits per heavy atom. The maximum atomic E-state index is 4.43. The minimum Gasteiger partial charge on any atom is -0.356 e. The van der Waals surface area contributed by atoms with Crippen molar-refractivity contribution in [1.29, 1.82) is 0 Å². The summed E-state index contributed by atoms with van der Waals surface area (Å²) in [4.78, 5) is 4.41. The van der Waals surface area contributed by atoms with Crippen molar-refractivity contribution in [2.24, 2.45) is 16.8 Å². The predicted octanol–water partition coefficient (Wildman–Crippen LogP) is 3.32. The normalized spacial score (nSPS) is 23.8. The number of aryl methyl sites for hydroxylation is 2. The summed E-state index contributed by atoms with van der Waals surface area (Å²) < 4.78 is 2.35. The number of hydrogen-bond donors (Lipinski definition) is 2. The van der Waals surface area contributed by atoms with E-state index in [9.17, 15) is 0 Å². The van der Waals surface area contributed by atoms with Crippen LogP contribution in [0.1, 0.15) is 76.9 Å². The number of aromatic nitrogens is 3. The Morgan fingerprint density at radius 2 is 1.96 bits per heavy atom. The van der Waals surface area contributed by atoms with E-state index in [0.717, 1.165) is 56.0 Å². The highest BCUT2D eigenvalue weighted by Gasteiger charge is 2.23. The Bertz CT molecular complexity index is 598. The minimum absolute atomic E-state index is 0.568. The minimum atomic E-state index is 0.568. The maximum absolute atomic E-state index is 4.43. The predicted molar refractivity (Wildman–Crippen MR) is 111 cm³/mol. The molecule has 0 saturated heterocycles. The Balaban J connectivity index is 1.38. The van der Waals surface area contributed by atoms with Crippen LogP contribution in [0.5, 0.6) is 0 Å². The van der Waals surface area contributed by atoms with Crippen LogP contribution in [0.25, 0.3) is 0 Å². The van der Waals surface area contributed by atoms with Crippen molar-refractivity contribution in [2.75, 3.05) is 13.6 Å². The van der Waals surface area contributed by atoms with Gasteiger partial charge in [-0.25, -0.2) is 0 Å². The lowest BCUT2D eigenvalue weighted by molar-refractivity contribution is 0.250. The van der Waals surface area contributed by atoms with Crippen LogP contribution < -0.4 is 10.6 Å². The number of rotatable bonds is 6. The second kappa shape index (κ2) is 10.1. The van der Waals surface area contributed by atoms with Gasteiger partial charge in [0, 0.05) is 39.0 Å². The first-order valence-corrected chi connectivity index (χ1v) is 11.1. The smallest absolute Gasteiger partial charge is 0.191 e. The fourth-order valence-electron chi connectivity index (χ4n) is 4.50. The molecule has 2 heterocycles. The van der Waals surface area contributed by atoms with Crippen LogP contribution in [0.2, 0.25) is 0 Å². The molecule has 1 fully saturated rings. The van der Waals surface area contributed by atoms with Gasteiger partial charge in [-0.15, -0.1) is 10.2 Å². The summed E-state index contributed by atoms with van der Waals surface area (Å²) >= 11 is 0. The molecule has 0 unspecified atom stereocenters. The maximum Gasteiger partial charge on any atom is 0.191 e. The summed E-state index contributed by atoms with van der Waals surface area (Å²) in [6, 6.07) is 0.568. The van der Waals surface area contributed by atoms with Gasteiger partial charge in [-0.2, -0.15) is 0 Å². The number of nitrogens with zero attached hydrogens (tertiary/aromatic N) is 4. The van der Waals surface area contributed by atoms with Gasteiger partial charge in [0.05, 0.1) is 0 Å². The largest absolute Gasteiger partial charge is 0.356 e. The van der Waals surface area contributed by atoms with Crippen molar-refractivity contribution in [3.63, 3.8) is 0 Å². The molecule has 6 nitrogen and oxygen atoms in total. The monoisotopic (exact) mass is 374 g/mol. The lowest BCUT2D eigenvalue weighted by Gasteiger charge is -2.32. The van der Waals surface area contributed by atoms with Crippen LogP contribution in [0, 0.1) is 11.8 Å². The van der Waals surface area contributed by atoms with E-state index < -0.39 is 0 Å². The van der Waals surface area contributed by atoms with Crippen LogP contribution in [-0.2, 0) is 19.4 Å². The lowest BCUT2D eigenvalue weighted by atomic mass is 9.80. The molecule has 0 radical (unpaired) electrons. The van der Waals surface area contributed by atoms with Gasteiger partial charge in [0.1, 0.15) is 11.6 Å². The number of guanidine groups is 1. The van der Waals surface area contributed by atoms with Gasteiger partial charge in [0.15, 0.2) is 5.96 Å². The standard InChI is InChI=1S/C21H38N6/c1-16(2)17-10-12-18(13-11-17)24-21(22-3)23-14-7-9-20-26-25-19-8-5-4-6-15-27(19)20/h16-18H,4-15H2,1-3H3,(H2,22,23,24). The number of fused-ring (bicyclic) bond motifs is 1. The molecular weight excluding hydrogens is 336 g/mol. The molecule has 152 valence electrons. The first-order chi connectivity index (χ1) is 13.2. The molecule has 3 rings (SSSR count). The van der Waals surface area contributed by atoms with Crippen LogP contribution in [0.15, 0.2) is 4.99 Å². The van der Waals surface area contributed by atoms with E-state index in [1.54, 1.807) is 0 Å². The van der Waals surface area contributed by atoms with Gasteiger partial charge in [-0.1, -0.05) is 20.3 Å². The Hall–Kier alpha value is -1.59. The van der Waals surface area contributed by atoms with Gasteiger partial charge < -0.3 is 15.2 Å². The van der Waals surface area contributed by atoms with Crippen molar-refractivity contribution in [3.8, 4) is 0 Å². The number of aliphatic imine (C=N–C) groups is 1. The number of nitrogens with one attached hydrogen (secondary N) is 2. The van der Waals surface area contributed by atoms with Crippen molar-refractivity contribution in [2.45, 2.75) is 90.6 Å². The third-order valence-electron chi connectivity index (χ3n) is 6.33. The van der Waals surface area contributed by atoms with E-state index in [0.29, 0.717) is 6.04 Å². The molecule has 1 aromatic heterocycles. The fraction of sp³-hybridized carbons (Fsp3) is 0.857. The highest BCUT2D eigenvalue weighted by molar-refractivity contribution is 5.79. The molecule has 2 N–H and O–H groups in total. The molecule has 0 spiro atoms. The molecule has 0 amide bonds. The summed E-state index contributed by atoms with van der Waals surface area (Å²) in [6.45, 7) is 6.72. The Kier molecular flexibility index (Phi) is 7.53. The third kappa shape index (κ3) is 5.69. The summed E-state index contributed by atoms with van der Waals surface area (Å²) in [5.41, 5.74) is 0. The summed E-state index contributed by atoms with van der Waals surface area (Å²) in [5.74, 6) is 5.00. The molecule has 0 aromatic carbocycles. The highest BCUT2D eigenvalue weighted by atomic mass is 15.3. The van der Waals surface area contributed by atoms with Gasteiger partial charge in [-0.05, 0) is 56.8 Å². The molecule has 1 saturated carbocycles. The summed E-state index contributed by atoms with van der Waals surface area (Å²) in [6.07, 6.45) is 12.1. The molecule has 1 aliphatic carbocycles. The zero-order valence-electron chi connectivity index (χ0n) is 17.5. The van der Waals surface area contributed by atoms with E-state index in [-0.39, 0.29) is 0 Å². The number of hydrogen-bond acceptors (Lipinski definition) is 3. The molecule has 1 aromatic rings. The van der Waals surface area contributed by atoms with Crippen molar-refractivity contribution in [1.82, 2.24) is 25.4 Å². The van der Waals surface area contributed by atoms with E-state index in [1.807, 2.05) is 7.05 Å². The Labute approximate surface area is 164 Å². The lowest BCUT2D eigenvalue weighted by Crippen LogP contribution is -2.45. The Morgan fingerprint density at radius 3 is 2.70 bits per heavy atom. The van der Waals surface area contributed by atoms with Crippen LogP contribution >= 0.6 is 0 Å². The molecule has 27 heavy (non-hydrogen) atoms. The van der Waals surface area contributed by atoms with Gasteiger partial charge >= 0.3 is 0 Å². The van der Waals surface area contributed by atoms with E-state index in [1.165, 1.54) is 50.8 Å². The molecule has 2 aliphatic rings. The van der Waals surface area contributed by atoms with E-state index >= 15 is 0 Å². The van der Waals surface area contributed by atoms with Gasteiger partial charge in [-0.3, -0.25) is 4.99 Å². The van der Waals surface area contributed by atoms with Crippen molar-refractivity contribution >= 4 is 5.96 Å². The average molecular weight is 375 g/mol. The van der Waals surface area contributed by atoms with E-state index in [2.05, 4.69) is 44.2 Å². The third-order valence-corrected chi connectivity index (χ3v) is 6.33. The quantitative estimate of drug-likeness (QED) is 0.455. The van der Waals surface area contributed by atoms with Crippen molar-refractivity contribution < 1.29 is 0 Å². The van der Waals surface area contributed by atoms with Crippen molar-refractivity contribution in [3.05, 3.63) is 11.6 Å². The SMILES string of the molecule is CN=C(NCCCc1nnc2n1CCCCC2)NC1CCC(C(C)C)CC1. The summed E-state index contributed by atoms with van der Waals surface area (Å²) in [5, 5.41) is 15.9. The molecule has 1 aliphatic heterocycles. The van der Waals surface area contributed by atoms with Crippen LogP contribution in [-0.4, -0.2) is 40.4 Å². The first kappa shape index (κ1) is 20.2. The molecule has 0 atom stereocenters. The van der Waals surface area contributed by atoms with Gasteiger partial charge in [0.25, 0.3) is 0 Å². The molecular formula is C21H38N6. The topological polar surface area (TPSA) is 67.1 Å². The van der Waals surface area contributed by atoms with Crippen LogP contribution in [0.4, 0.5) is 0 Å².